The molecule has 0 bridgehead atoms. The SMILES string of the molecule is CCNC(=O)NCc1cccc(-c2cccc(C3OC(CN4CCCC4C(=O)OC(C)(C)C)CC(c4ccc(CO)cc4)O3)c2)c1. The van der Waals surface area contributed by atoms with Crippen molar-refractivity contribution in [2.24, 2.45) is 0 Å². The van der Waals surface area contributed by atoms with Gasteiger partial charge in [-0.15, -0.1) is 0 Å². The molecule has 0 saturated carbocycles. The number of nitrogens with zero attached hydrogens (tertiary/aromatic N) is 1. The van der Waals surface area contributed by atoms with Crippen molar-refractivity contribution in [2.45, 2.75) is 90.2 Å². The number of hydrogen-bond donors (Lipinski definition) is 3. The fourth-order valence-electron chi connectivity index (χ4n) is 6.11. The number of hydrogen-bond acceptors (Lipinski definition) is 7. The van der Waals surface area contributed by atoms with Gasteiger partial charge in [-0.05, 0) is 87.0 Å². The molecule has 4 atom stereocenters. The summed E-state index contributed by atoms with van der Waals surface area (Å²) in [6.07, 6.45) is 1.30. The van der Waals surface area contributed by atoms with Crippen molar-refractivity contribution in [1.29, 1.82) is 0 Å². The van der Waals surface area contributed by atoms with E-state index in [0.717, 1.165) is 52.8 Å². The number of carbonyl (C=O) groups is 2. The van der Waals surface area contributed by atoms with E-state index in [2.05, 4.69) is 39.8 Å². The molecule has 3 aromatic carbocycles. The number of esters is 1. The maximum absolute atomic E-state index is 13.1. The van der Waals surface area contributed by atoms with Crippen molar-refractivity contribution < 1.29 is 28.9 Å². The van der Waals surface area contributed by atoms with Gasteiger partial charge in [0.15, 0.2) is 6.29 Å². The van der Waals surface area contributed by atoms with Gasteiger partial charge >= 0.3 is 12.0 Å². The van der Waals surface area contributed by atoms with Crippen LogP contribution in [0.1, 0.15) is 81.6 Å². The second-order valence-corrected chi connectivity index (χ2v) is 13.1. The minimum absolute atomic E-state index is 0.0167. The third kappa shape index (κ3) is 8.94. The quantitative estimate of drug-likeness (QED) is 0.236. The van der Waals surface area contributed by atoms with Crippen LogP contribution in [0.5, 0.6) is 0 Å². The summed E-state index contributed by atoms with van der Waals surface area (Å²) in [4.78, 5) is 27.2. The number of rotatable bonds is 10. The molecule has 5 rings (SSSR count). The summed E-state index contributed by atoms with van der Waals surface area (Å²) in [5.41, 5.74) is 5.26. The molecule has 2 heterocycles. The molecule has 2 saturated heterocycles. The number of nitrogens with one attached hydrogen (secondary N) is 2. The Bertz CT molecular complexity index is 1470. The fraction of sp³-hybridized carbons (Fsp3) is 0.459. The lowest BCUT2D eigenvalue weighted by atomic mass is 9.98. The number of aliphatic hydroxyl groups is 1. The minimum atomic E-state index is -0.619. The predicted molar refractivity (Wildman–Crippen MR) is 177 cm³/mol. The second-order valence-electron chi connectivity index (χ2n) is 13.1. The average Bonchev–Trinajstić information content (AvgIpc) is 3.51. The van der Waals surface area contributed by atoms with E-state index < -0.39 is 11.9 Å². The molecule has 2 aliphatic rings. The molecule has 2 aliphatic heterocycles. The van der Waals surface area contributed by atoms with Crippen molar-refractivity contribution in [3.05, 3.63) is 95.1 Å². The molecule has 246 valence electrons. The van der Waals surface area contributed by atoms with Crippen molar-refractivity contribution >= 4 is 12.0 Å². The molecule has 0 aliphatic carbocycles. The van der Waals surface area contributed by atoms with Gasteiger partial charge in [0.05, 0.1) is 18.8 Å². The van der Waals surface area contributed by atoms with Gasteiger partial charge in [0.1, 0.15) is 11.6 Å². The van der Waals surface area contributed by atoms with Crippen LogP contribution in [0.3, 0.4) is 0 Å². The fourth-order valence-corrected chi connectivity index (χ4v) is 6.11. The van der Waals surface area contributed by atoms with Crippen LogP contribution in [-0.2, 0) is 32.2 Å². The Labute approximate surface area is 272 Å². The Balaban J connectivity index is 1.36. The molecule has 2 fully saturated rings. The lowest BCUT2D eigenvalue weighted by Crippen LogP contribution is -2.45. The Morgan fingerprint density at radius 1 is 0.935 bits per heavy atom. The molecule has 2 amide bonds. The smallest absolute Gasteiger partial charge is 0.323 e. The summed E-state index contributed by atoms with van der Waals surface area (Å²) in [7, 11) is 0. The Kier molecular flexibility index (Phi) is 11.1. The summed E-state index contributed by atoms with van der Waals surface area (Å²) in [5, 5.41) is 15.2. The van der Waals surface area contributed by atoms with Gasteiger partial charge in [0, 0.05) is 31.6 Å². The van der Waals surface area contributed by atoms with Crippen LogP contribution in [-0.4, -0.2) is 59.4 Å². The molecular weight excluding hydrogens is 582 g/mol. The van der Waals surface area contributed by atoms with Crippen LogP contribution < -0.4 is 10.6 Å². The lowest BCUT2D eigenvalue weighted by Gasteiger charge is -2.38. The second kappa shape index (κ2) is 15.2. The van der Waals surface area contributed by atoms with Crippen LogP contribution >= 0.6 is 0 Å². The van der Waals surface area contributed by atoms with E-state index >= 15 is 0 Å². The normalized spacial score (nSPS) is 21.9. The highest BCUT2D eigenvalue weighted by molar-refractivity contribution is 5.76. The van der Waals surface area contributed by atoms with Crippen LogP contribution in [0.2, 0.25) is 0 Å². The first-order chi connectivity index (χ1) is 22.1. The maximum atomic E-state index is 13.1. The molecule has 0 spiro atoms. The number of carbonyl (C=O) groups excluding carboxylic acids is 2. The van der Waals surface area contributed by atoms with Crippen LogP contribution in [0.15, 0.2) is 72.8 Å². The number of benzene rings is 3. The maximum Gasteiger partial charge on any atom is 0.323 e. The molecule has 9 heteroatoms. The van der Waals surface area contributed by atoms with Gasteiger partial charge < -0.3 is 30.0 Å². The van der Waals surface area contributed by atoms with E-state index in [1.54, 1.807) is 0 Å². The zero-order valence-corrected chi connectivity index (χ0v) is 27.3. The highest BCUT2D eigenvalue weighted by Gasteiger charge is 2.39. The van der Waals surface area contributed by atoms with E-state index in [4.69, 9.17) is 14.2 Å². The first-order valence-corrected chi connectivity index (χ1v) is 16.3. The first kappa shape index (κ1) is 33.6. The standard InChI is InChI=1S/C37H47N3O6/c1-5-38-36(43)39-22-26-9-6-10-28(19-26)29-11-7-12-30(20-29)35-44-31(21-33(45-35)27-16-14-25(24-41)15-17-27)23-40-18-8-13-32(40)34(42)46-37(2,3)4/h6-7,9-12,14-17,19-20,31-33,35,41H,5,8,13,18,21-24H2,1-4H3,(H2,38,39,43). The van der Waals surface area contributed by atoms with E-state index in [-0.39, 0.29) is 36.9 Å². The third-order valence-corrected chi connectivity index (χ3v) is 8.31. The summed E-state index contributed by atoms with van der Waals surface area (Å²) >= 11 is 0. The summed E-state index contributed by atoms with van der Waals surface area (Å²) < 4.78 is 19.0. The van der Waals surface area contributed by atoms with Gasteiger partial charge in [0.25, 0.3) is 0 Å². The predicted octanol–water partition coefficient (Wildman–Crippen LogP) is 6.02. The van der Waals surface area contributed by atoms with Gasteiger partial charge in [-0.25, -0.2) is 4.79 Å². The summed E-state index contributed by atoms with van der Waals surface area (Å²) in [5.74, 6) is -0.180. The number of aliphatic hydroxyl groups excluding tert-OH is 1. The molecule has 0 radical (unpaired) electrons. The molecular formula is C37H47N3O6. The largest absolute Gasteiger partial charge is 0.459 e. The number of likely N-dealkylation sites (tertiary alicyclic amines) is 1. The topological polar surface area (TPSA) is 109 Å². The van der Waals surface area contributed by atoms with Crippen molar-refractivity contribution in [1.82, 2.24) is 15.5 Å². The monoisotopic (exact) mass is 629 g/mol. The Hall–Kier alpha value is -3.76. The van der Waals surface area contributed by atoms with Crippen LogP contribution in [0.4, 0.5) is 4.79 Å². The number of amides is 2. The molecule has 0 aromatic heterocycles. The number of urea groups is 1. The van der Waals surface area contributed by atoms with Gasteiger partial charge in [-0.2, -0.15) is 0 Å². The Morgan fingerprint density at radius 3 is 2.39 bits per heavy atom. The van der Waals surface area contributed by atoms with Crippen molar-refractivity contribution in [3.8, 4) is 11.1 Å². The van der Waals surface area contributed by atoms with Crippen molar-refractivity contribution in [2.75, 3.05) is 19.6 Å². The highest BCUT2D eigenvalue weighted by Crippen LogP contribution is 2.39. The number of ether oxygens (including phenoxy) is 3. The highest BCUT2D eigenvalue weighted by atomic mass is 16.7. The molecule has 4 unspecified atom stereocenters. The van der Waals surface area contributed by atoms with E-state index in [0.29, 0.717) is 26.1 Å². The first-order valence-electron chi connectivity index (χ1n) is 16.3. The molecule has 3 N–H and O–H groups in total. The van der Waals surface area contributed by atoms with Crippen LogP contribution in [0.25, 0.3) is 11.1 Å². The zero-order chi connectivity index (χ0) is 32.7. The van der Waals surface area contributed by atoms with Gasteiger partial charge in [-0.1, -0.05) is 60.7 Å². The van der Waals surface area contributed by atoms with Crippen molar-refractivity contribution in [3.63, 3.8) is 0 Å². The third-order valence-electron chi connectivity index (χ3n) is 8.31. The zero-order valence-electron chi connectivity index (χ0n) is 27.3. The lowest BCUT2D eigenvalue weighted by molar-refractivity contribution is -0.253. The van der Waals surface area contributed by atoms with E-state index in [1.165, 1.54) is 0 Å². The summed E-state index contributed by atoms with van der Waals surface area (Å²) in [6.45, 7) is 9.97. The molecule has 3 aromatic rings. The average molecular weight is 630 g/mol. The Morgan fingerprint density at radius 2 is 1.67 bits per heavy atom. The summed E-state index contributed by atoms with van der Waals surface area (Å²) in [6, 6.07) is 23.7. The molecule has 9 nitrogen and oxygen atoms in total. The molecule has 46 heavy (non-hydrogen) atoms. The van der Waals surface area contributed by atoms with E-state index in [9.17, 15) is 14.7 Å². The van der Waals surface area contributed by atoms with Gasteiger partial charge in [-0.3, -0.25) is 9.69 Å². The van der Waals surface area contributed by atoms with E-state index in [1.807, 2.05) is 76.2 Å². The van der Waals surface area contributed by atoms with Crippen LogP contribution in [0, 0.1) is 0 Å². The van der Waals surface area contributed by atoms with Gasteiger partial charge in [0.2, 0.25) is 0 Å². The minimum Gasteiger partial charge on any atom is -0.459 e.